The molecule has 0 aliphatic rings. The lowest BCUT2D eigenvalue weighted by Crippen LogP contribution is -2.19. The molecule has 3 aromatic carbocycles. The molecule has 6 nitrogen and oxygen atoms in total. The minimum atomic E-state index is -3.74. The first kappa shape index (κ1) is 20.4. The third-order valence-electron chi connectivity index (χ3n) is 4.37. The largest absolute Gasteiger partial charge is 0.323 e. The molecule has 0 aliphatic carbocycles. The van der Waals surface area contributed by atoms with Gasteiger partial charge in [0.2, 0.25) is 0 Å². The Morgan fingerprint density at radius 1 is 0.759 bits per heavy atom. The normalized spacial score (nSPS) is 11.0. The Morgan fingerprint density at radius 2 is 1.28 bits per heavy atom. The molecule has 0 saturated carbocycles. The summed E-state index contributed by atoms with van der Waals surface area (Å²) < 4.78 is 28.2. The average Bonchev–Trinajstić information content (AvgIpc) is 2.66. The summed E-state index contributed by atoms with van der Waals surface area (Å²) in [5.74, 6) is 0. The number of hydrogen-bond donors (Lipinski definition) is 3. The van der Waals surface area contributed by atoms with Crippen LogP contribution < -0.4 is 15.4 Å². The van der Waals surface area contributed by atoms with Crippen LogP contribution in [0, 0.1) is 20.8 Å². The standard InChI is InChI=1S/C22H23N3O3S/c1-15-13-16(2)21(17(3)14-15)25-29(27,28)20-11-9-19(10-12-20)24-22(26)23-18-7-5-4-6-8-18/h4-14,25H,1-3H3,(H2,23,24,26). The van der Waals surface area contributed by atoms with E-state index in [9.17, 15) is 13.2 Å². The van der Waals surface area contributed by atoms with Gasteiger partial charge in [0.15, 0.2) is 0 Å². The summed E-state index contributed by atoms with van der Waals surface area (Å²) in [7, 11) is -3.74. The first-order valence-electron chi connectivity index (χ1n) is 9.08. The molecule has 0 radical (unpaired) electrons. The lowest BCUT2D eigenvalue weighted by Gasteiger charge is -2.14. The Kier molecular flexibility index (Phi) is 5.89. The summed E-state index contributed by atoms with van der Waals surface area (Å²) in [5.41, 5.74) is 4.54. The maximum Gasteiger partial charge on any atom is 0.323 e. The van der Waals surface area contributed by atoms with Crippen LogP contribution in [0.25, 0.3) is 0 Å². The number of sulfonamides is 1. The number of hydrogen-bond acceptors (Lipinski definition) is 3. The molecule has 2 amide bonds. The third kappa shape index (κ3) is 5.14. The molecule has 0 spiro atoms. The molecule has 0 atom stereocenters. The van der Waals surface area contributed by atoms with Gasteiger partial charge in [0.25, 0.3) is 10.0 Å². The van der Waals surface area contributed by atoms with Crippen molar-refractivity contribution in [3.8, 4) is 0 Å². The Balaban J connectivity index is 1.71. The summed E-state index contributed by atoms with van der Waals surface area (Å²) >= 11 is 0. The van der Waals surface area contributed by atoms with Crippen molar-refractivity contribution in [1.82, 2.24) is 0 Å². The van der Waals surface area contributed by atoms with Gasteiger partial charge in [-0.05, 0) is 68.3 Å². The highest BCUT2D eigenvalue weighted by Gasteiger charge is 2.17. The minimum Gasteiger partial charge on any atom is -0.308 e. The van der Waals surface area contributed by atoms with Crippen molar-refractivity contribution in [2.75, 3.05) is 15.4 Å². The molecule has 7 heteroatoms. The van der Waals surface area contributed by atoms with Crippen LogP contribution >= 0.6 is 0 Å². The van der Waals surface area contributed by atoms with Gasteiger partial charge in [-0.1, -0.05) is 35.9 Å². The van der Waals surface area contributed by atoms with E-state index in [2.05, 4.69) is 15.4 Å². The van der Waals surface area contributed by atoms with Gasteiger partial charge in [-0.15, -0.1) is 0 Å². The van der Waals surface area contributed by atoms with E-state index in [1.54, 1.807) is 24.3 Å². The third-order valence-corrected chi connectivity index (χ3v) is 5.73. The smallest absolute Gasteiger partial charge is 0.308 e. The number of nitrogens with one attached hydrogen (secondary N) is 3. The Labute approximate surface area is 171 Å². The molecule has 0 heterocycles. The van der Waals surface area contributed by atoms with Gasteiger partial charge in [-0.2, -0.15) is 0 Å². The SMILES string of the molecule is Cc1cc(C)c(NS(=O)(=O)c2ccc(NC(=O)Nc3ccccc3)cc2)c(C)c1. The van der Waals surface area contributed by atoms with Gasteiger partial charge in [0, 0.05) is 11.4 Å². The number of rotatable bonds is 5. The zero-order valence-electron chi connectivity index (χ0n) is 16.5. The van der Waals surface area contributed by atoms with Crippen LogP contribution in [0.5, 0.6) is 0 Å². The molecule has 0 aromatic heterocycles. The zero-order chi connectivity index (χ0) is 21.0. The van der Waals surface area contributed by atoms with Gasteiger partial charge in [-0.3, -0.25) is 4.72 Å². The van der Waals surface area contributed by atoms with Crippen LogP contribution in [0.4, 0.5) is 21.9 Å². The van der Waals surface area contributed by atoms with E-state index in [4.69, 9.17) is 0 Å². The molecule has 0 aliphatic heterocycles. The average molecular weight is 410 g/mol. The quantitative estimate of drug-likeness (QED) is 0.551. The van der Waals surface area contributed by atoms with Crippen molar-refractivity contribution in [1.29, 1.82) is 0 Å². The Bertz CT molecular complexity index is 1100. The molecular formula is C22H23N3O3S. The van der Waals surface area contributed by atoms with E-state index in [0.29, 0.717) is 17.1 Å². The molecule has 150 valence electrons. The number of carbonyl (C=O) groups is 1. The van der Waals surface area contributed by atoms with Gasteiger partial charge < -0.3 is 10.6 Å². The van der Waals surface area contributed by atoms with Gasteiger partial charge in [-0.25, -0.2) is 13.2 Å². The fraction of sp³-hybridized carbons (Fsp3) is 0.136. The highest BCUT2D eigenvalue weighted by Crippen LogP contribution is 2.25. The second-order valence-corrected chi connectivity index (χ2v) is 8.53. The van der Waals surface area contributed by atoms with E-state index >= 15 is 0 Å². The highest BCUT2D eigenvalue weighted by atomic mass is 32.2. The van der Waals surface area contributed by atoms with E-state index in [1.165, 1.54) is 12.1 Å². The topological polar surface area (TPSA) is 87.3 Å². The molecular weight excluding hydrogens is 386 g/mol. The van der Waals surface area contributed by atoms with Crippen LogP contribution in [0.3, 0.4) is 0 Å². The van der Waals surface area contributed by atoms with Crippen LogP contribution in [-0.2, 0) is 10.0 Å². The van der Waals surface area contributed by atoms with E-state index in [-0.39, 0.29) is 4.90 Å². The van der Waals surface area contributed by atoms with E-state index < -0.39 is 16.1 Å². The van der Waals surface area contributed by atoms with Gasteiger partial charge >= 0.3 is 6.03 Å². The number of benzene rings is 3. The molecule has 0 fully saturated rings. The number of amides is 2. The maximum absolute atomic E-state index is 12.8. The van der Waals surface area contributed by atoms with Crippen LogP contribution in [0.2, 0.25) is 0 Å². The number of urea groups is 1. The van der Waals surface area contributed by atoms with Crippen molar-refractivity contribution in [3.63, 3.8) is 0 Å². The van der Waals surface area contributed by atoms with Crippen molar-refractivity contribution >= 4 is 33.1 Å². The molecule has 3 aromatic rings. The summed E-state index contributed by atoms with van der Waals surface area (Å²) in [5, 5.41) is 5.38. The Morgan fingerprint density at radius 3 is 1.83 bits per heavy atom. The summed E-state index contributed by atoms with van der Waals surface area (Å²) in [6.45, 7) is 5.71. The maximum atomic E-state index is 12.8. The minimum absolute atomic E-state index is 0.117. The monoisotopic (exact) mass is 409 g/mol. The van der Waals surface area contributed by atoms with E-state index in [0.717, 1.165) is 16.7 Å². The summed E-state index contributed by atoms with van der Waals surface area (Å²) in [6.07, 6.45) is 0. The second-order valence-electron chi connectivity index (χ2n) is 6.85. The first-order valence-corrected chi connectivity index (χ1v) is 10.6. The Hall–Kier alpha value is -3.32. The van der Waals surface area contributed by atoms with Gasteiger partial charge in [0.05, 0.1) is 10.6 Å². The van der Waals surface area contributed by atoms with Crippen LogP contribution in [0.1, 0.15) is 16.7 Å². The molecule has 29 heavy (non-hydrogen) atoms. The summed E-state index contributed by atoms with van der Waals surface area (Å²) in [6, 6.07) is 18.5. The molecule has 3 N–H and O–H groups in total. The fourth-order valence-corrected chi connectivity index (χ4v) is 4.27. The number of para-hydroxylation sites is 1. The zero-order valence-corrected chi connectivity index (χ0v) is 17.3. The van der Waals surface area contributed by atoms with Crippen LogP contribution in [-0.4, -0.2) is 14.4 Å². The summed E-state index contributed by atoms with van der Waals surface area (Å²) in [4.78, 5) is 12.2. The first-order chi connectivity index (χ1) is 13.7. The van der Waals surface area contributed by atoms with Crippen molar-refractivity contribution in [2.45, 2.75) is 25.7 Å². The predicted octanol–water partition coefficient (Wildman–Crippen LogP) is 5.06. The van der Waals surface area contributed by atoms with Crippen molar-refractivity contribution < 1.29 is 13.2 Å². The second kappa shape index (κ2) is 8.36. The molecule has 0 unspecified atom stereocenters. The number of aryl methyl sites for hydroxylation is 3. The fourth-order valence-electron chi connectivity index (χ4n) is 3.07. The molecule has 0 saturated heterocycles. The number of anilines is 3. The van der Waals surface area contributed by atoms with Crippen molar-refractivity contribution in [3.05, 3.63) is 83.4 Å². The number of carbonyl (C=O) groups excluding carboxylic acids is 1. The molecule has 3 rings (SSSR count). The van der Waals surface area contributed by atoms with Crippen molar-refractivity contribution in [2.24, 2.45) is 0 Å². The lowest BCUT2D eigenvalue weighted by molar-refractivity contribution is 0.262. The highest BCUT2D eigenvalue weighted by molar-refractivity contribution is 7.92. The van der Waals surface area contributed by atoms with E-state index in [1.807, 2.05) is 51.1 Å². The predicted molar refractivity (Wildman–Crippen MR) is 117 cm³/mol. The van der Waals surface area contributed by atoms with Gasteiger partial charge in [0.1, 0.15) is 0 Å². The van der Waals surface area contributed by atoms with Crippen LogP contribution in [0.15, 0.2) is 71.6 Å². The molecule has 0 bridgehead atoms. The lowest BCUT2D eigenvalue weighted by atomic mass is 10.1.